The molecule has 0 bridgehead atoms. The van der Waals surface area contributed by atoms with Crippen LogP contribution in [0, 0.1) is 12.8 Å². The maximum atomic E-state index is 12.5. The van der Waals surface area contributed by atoms with E-state index in [1.165, 1.54) is 12.0 Å². The summed E-state index contributed by atoms with van der Waals surface area (Å²) in [6, 6.07) is 6.04. The number of carbonyl (C=O) groups excluding carboxylic acids is 1. The molecule has 1 N–H and O–H groups in total. The number of likely N-dealkylation sites (tertiary alicyclic amines) is 1. The Kier molecular flexibility index (Phi) is 5.14. The Balaban J connectivity index is 1.69. The molecule has 0 radical (unpaired) electrons. The van der Waals surface area contributed by atoms with Crippen molar-refractivity contribution in [1.82, 2.24) is 14.9 Å². The van der Waals surface area contributed by atoms with Crippen LogP contribution in [-0.4, -0.2) is 33.9 Å². The third-order valence-electron chi connectivity index (χ3n) is 4.20. The van der Waals surface area contributed by atoms with Crippen LogP contribution in [0.2, 0.25) is 0 Å². The number of aromatic nitrogens is 2. The molecule has 0 saturated carbocycles. The Hall–Kier alpha value is -1.95. The summed E-state index contributed by atoms with van der Waals surface area (Å²) < 4.78 is 0.965. The first-order chi connectivity index (χ1) is 11.5. The Morgan fingerprint density at radius 3 is 2.83 bits per heavy atom. The lowest BCUT2D eigenvalue weighted by Gasteiger charge is -2.30. The standard InChI is InChI=1S/C18H21BrN4O/c1-12-5-6-15(14(19)8-12)22-17-10-20-16(9-21-17)18(24)23-7-3-4-13(2)11-23/h5-6,8-10,13H,3-4,7,11H2,1-2H3,(H,21,22). The van der Waals surface area contributed by atoms with Crippen LogP contribution in [0.4, 0.5) is 11.5 Å². The molecule has 6 heteroatoms. The quantitative estimate of drug-likeness (QED) is 0.857. The van der Waals surface area contributed by atoms with Gasteiger partial charge < -0.3 is 10.2 Å². The van der Waals surface area contributed by atoms with Gasteiger partial charge in [-0.05, 0) is 59.3 Å². The molecular formula is C18H21BrN4O. The van der Waals surface area contributed by atoms with Crippen molar-refractivity contribution in [3.63, 3.8) is 0 Å². The van der Waals surface area contributed by atoms with E-state index in [1.54, 1.807) is 12.4 Å². The van der Waals surface area contributed by atoms with Crippen LogP contribution >= 0.6 is 15.9 Å². The van der Waals surface area contributed by atoms with E-state index in [0.717, 1.165) is 29.7 Å². The number of hydrogen-bond acceptors (Lipinski definition) is 4. The second-order valence-corrected chi connectivity index (χ2v) is 7.25. The van der Waals surface area contributed by atoms with E-state index in [1.807, 2.05) is 30.0 Å². The molecule has 1 aliphatic heterocycles. The molecule has 1 saturated heterocycles. The van der Waals surface area contributed by atoms with E-state index in [0.29, 0.717) is 17.4 Å². The van der Waals surface area contributed by atoms with Gasteiger partial charge in [-0.2, -0.15) is 0 Å². The van der Waals surface area contributed by atoms with Crippen LogP contribution in [0.25, 0.3) is 0 Å². The fraction of sp³-hybridized carbons (Fsp3) is 0.389. The lowest BCUT2D eigenvalue weighted by molar-refractivity contribution is 0.0676. The van der Waals surface area contributed by atoms with E-state index in [9.17, 15) is 4.79 Å². The van der Waals surface area contributed by atoms with Gasteiger partial charge >= 0.3 is 0 Å². The first-order valence-electron chi connectivity index (χ1n) is 8.17. The molecule has 1 aromatic carbocycles. The number of benzene rings is 1. The van der Waals surface area contributed by atoms with Gasteiger partial charge in [-0.15, -0.1) is 0 Å². The fourth-order valence-corrected chi connectivity index (χ4v) is 3.49. The van der Waals surface area contributed by atoms with Crippen LogP contribution in [0.1, 0.15) is 35.8 Å². The summed E-state index contributed by atoms with van der Waals surface area (Å²) in [5.74, 6) is 1.13. The lowest BCUT2D eigenvalue weighted by Crippen LogP contribution is -2.39. The van der Waals surface area contributed by atoms with Crippen LogP contribution in [0.3, 0.4) is 0 Å². The van der Waals surface area contributed by atoms with Crippen LogP contribution in [0.15, 0.2) is 35.1 Å². The van der Waals surface area contributed by atoms with Crippen LogP contribution in [-0.2, 0) is 0 Å². The molecular weight excluding hydrogens is 368 g/mol. The first kappa shape index (κ1) is 16.9. The number of nitrogens with one attached hydrogen (secondary N) is 1. The van der Waals surface area contributed by atoms with Gasteiger partial charge in [0.25, 0.3) is 5.91 Å². The van der Waals surface area contributed by atoms with E-state index in [4.69, 9.17) is 0 Å². The molecule has 1 unspecified atom stereocenters. The van der Waals surface area contributed by atoms with Gasteiger partial charge in [0.2, 0.25) is 0 Å². The average molecular weight is 389 g/mol. The normalized spacial score (nSPS) is 17.6. The molecule has 0 spiro atoms. The summed E-state index contributed by atoms with van der Waals surface area (Å²) in [6.07, 6.45) is 5.39. The number of nitrogens with zero attached hydrogens (tertiary/aromatic N) is 3. The maximum Gasteiger partial charge on any atom is 0.274 e. The predicted molar refractivity (Wildman–Crippen MR) is 98.5 cm³/mol. The Morgan fingerprint density at radius 1 is 1.33 bits per heavy atom. The van der Waals surface area contributed by atoms with E-state index in [2.05, 4.69) is 38.1 Å². The highest BCUT2D eigenvalue weighted by Crippen LogP contribution is 2.26. The summed E-state index contributed by atoms with van der Waals surface area (Å²) in [4.78, 5) is 23.0. The number of halogens is 1. The van der Waals surface area contributed by atoms with Crippen molar-refractivity contribution < 1.29 is 4.79 Å². The molecule has 24 heavy (non-hydrogen) atoms. The second-order valence-electron chi connectivity index (χ2n) is 6.39. The molecule has 3 rings (SSSR count). The SMILES string of the molecule is Cc1ccc(Nc2cnc(C(=O)N3CCCC(C)C3)cn2)c(Br)c1. The van der Waals surface area contributed by atoms with Gasteiger partial charge in [0.15, 0.2) is 0 Å². The first-order valence-corrected chi connectivity index (χ1v) is 8.97. The summed E-state index contributed by atoms with van der Waals surface area (Å²) >= 11 is 3.53. The largest absolute Gasteiger partial charge is 0.338 e. The molecule has 0 aliphatic carbocycles. The summed E-state index contributed by atoms with van der Waals surface area (Å²) in [7, 11) is 0. The Labute approximate surface area is 150 Å². The fourth-order valence-electron chi connectivity index (χ4n) is 2.90. The molecule has 1 amide bonds. The van der Waals surface area contributed by atoms with Crippen molar-refractivity contribution in [2.45, 2.75) is 26.7 Å². The highest BCUT2D eigenvalue weighted by molar-refractivity contribution is 9.10. The minimum Gasteiger partial charge on any atom is -0.338 e. The van der Waals surface area contributed by atoms with Crippen molar-refractivity contribution in [2.24, 2.45) is 5.92 Å². The van der Waals surface area contributed by atoms with Crippen molar-refractivity contribution in [1.29, 1.82) is 0 Å². The zero-order valence-corrected chi connectivity index (χ0v) is 15.5. The smallest absolute Gasteiger partial charge is 0.274 e. The van der Waals surface area contributed by atoms with Gasteiger partial charge in [0.1, 0.15) is 11.5 Å². The van der Waals surface area contributed by atoms with Gasteiger partial charge in [0, 0.05) is 17.6 Å². The third kappa shape index (κ3) is 3.93. The highest BCUT2D eigenvalue weighted by atomic mass is 79.9. The van der Waals surface area contributed by atoms with Crippen LogP contribution < -0.4 is 5.32 Å². The van der Waals surface area contributed by atoms with Crippen molar-refractivity contribution in [2.75, 3.05) is 18.4 Å². The van der Waals surface area contributed by atoms with Crippen molar-refractivity contribution in [3.05, 3.63) is 46.3 Å². The molecule has 1 aliphatic rings. The lowest BCUT2D eigenvalue weighted by atomic mass is 10.0. The number of piperidine rings is 1. The van der Waals surface area contributed by atoms with Gasteiger partial charge in [-0.3, -0.25) is 4.79 Å². The number of hydrogen-bond donors (Lipinski definition) is 1. The number of amides is 1. The maximum absolute atomic E-state index is 12.5. The average Bonchev–Trinajstić information content (AvgIpc) is 2.57. The molecule has 2 aromatic rings. The number of rotatable bonds is 3. The summed E-state index contributed by atoms with van der Waals surface area (Å²) in [6.45, 7) is 5.83. The Bertz CT molecular complexity index is 732. The van der Waals surface area contributed by atoms with E-state index < -0.39 is 0 Å². The minimum atomic E-state index is -0.0304. The van der Waals surface area contributed by atoms with Crippen molar-refractivity contribution in [3.8, 4) is 0 Å². The third-order valence-corrected chi connectivity index (χ3v) is 4.86. The summed E-state index contributed by atoms with van der Waals surface area (Å²) in [5.41, 5.74) is 2.49. The minimum absolute atomic E-state index is 0.0304. The highest BCUT2D eigenvalue weighted by Gasteiger charge is 2.23. The van der Waals surface area contributed by atoms with Crippen molar-refractivity contribution >= 4 is 33.3 Å². The van der Waals surface area contributed by atoms with Gasteiger partial charge in [-0.25, -0.2) is 9.97 Å². The molecule has 2 heterocycles. The molecule has 1 aromatic heterocycles. The Morgan fingerprint density at radius 2 is 2.17 bits per heavy atom. The number of anilines is 2. The second kappa shape index (κ2) is 7.30. The summed E-state index contributed by atoms with van der Waals surface area (Å²) in [5, 5.41) is 3.21. The molecule has 126 valence electrons. The monoisotopic (exact) mass is 388 g/mol. The molecule has 1 fully saturated rings. The molecule has 1 atom stereocenters. The van der Waals surface area contributed by atoms with Gasteiger partial charge in [0.05, 0.1) is 18.1 Å². The van der Waals surface area contributed by atoms with Gasteiger partial charge in [-0.1, -0.05) is 13.0 Å². The topological polar surface area (TPSA) is 58.1 Å². The zero-order chi connectivity index (χ0) is 17.1. The molecule has 5 nitrogen and oxygen atoms in total. The van der Waals surface area contributed by atoms with E-state index in [-0.39, 0.29) is 5.91 Å². The predicted octanol–water partition coefficient (Wildman–Crippen LogP) is 4.16. The number of carbonyl (C=O) groups is 1. The zero-order valence-electron chi connectivity index (χ0n) is 13.9. The number of aryl methyl sites for hydroxylation is 1. The van der Waals surface area contributed by atoms with E-state index >= 15 is 0 Å². The van der Waals surface area contributed by atoms with Crippen LogP contribution in [0.5, 0.6) is 0 Å².